The predicted molar refractivity (Wildman–Crippen MR) is 148 cm³/mol. The highest BCUT2D eigenvalue weighted by Crippen LogP contribution is 2.28. The van der Waals surface area contributed by atoms with Crippen molar-refractivity contribution in [2.24, 2.45) is 5.92 Å². The Morgan fingerprint density at radius 3 is 2.65 bits per heavy atom. The van der Waals surface area contributed by atoms with Crippen LogP contribution in [0.25, 0.3) is 11.0 Å². The Hall–Kier alpha value is -2.58. The van der Waals surface area contributed by atoms with Crippen LogP contribution in [0.4, 0.5) is 0 Å². The smallest absolute Gasteiger partial charge is 0.264 e. The number of aryl methyl sites for hydroxylation is 1. The summed E-state index contributed by atoms with van der Waals surface area (Å²) in [5.41, 5.74) is 2.64. The molecule has 1 saturated carbocycles. The molecule has 0 atom stereocenters. The summed E-state index contributed by atoms with van der Waals surface area (Å²) >= 11 is 6.63. The van der Waals surface area contributed by atoms with Gasteiger partial charge in [-0.1, -0.05) is 56.7 Å². The van der Waals surface area contributed by atoms with Crippen molar-refractivity contribution in [1.29, 1.82) is 0 Å². The number of amides is 1. The molecule has 1 N–H and O–H groups in total. The first-order valence-electron chi connectivity index (χ1n) is 13.2. The lowest BCUT2D eigenvalue weighted by Gasteiger charge is -2.21. The number of nitrogens with zero attached hydrogens (tertiary/aromatic N) is 2. The standard InChI is InChI=1S/C28H36ClN3O4S/c1-3-4-8-15-37(34,35)31-28(33)22-12-14-26-27(16-22)32(20(2)30-26)18-23-11-13-24(17-25(23)29)36-19-21-9-6-5-7-10-21/h11-14,16-17,21H,3-10,15,18-19H2,1-2H3,(H,31,33). The highest BCUT2D eigenvalue weighted by molar-refractivity contribution is 7.90. The third-order valence-electron chi connectivity index (χ3n) is 7.03. The van der Waals surface area contributed by atoms with E-state index in [0.717, 1.165) is 47.6 Å². The van der Waals surface area contributed by atoms with E-state index in [9.17, 15) is 13.2 Å². The fourth-order valence-electron chi connectivity index (χ4n) is 4.86. The maximum absolute atomic E-state index is 12.7. The second-order valence-corrected chi connectivity index (χ2v) is 12.2. The number of hydrogen-bond donors (Lipinski definition) is 1. The van der Waals surface area contributed by atoms with Gasteiger partial charge in [0.05, 0.1) is 29.9 Å². The second kappa shape index (κ2) is 12.3. The number of imidazole rings is 1. The highest BCUT2D eigenvalue weighted by atomic mass is 35.5. The molecule has 0 aliphatic heterocycles. The zero-order valence-corrected chi connectivity index (χ0v) is 23.2. The number of rotatable bonds is 11. The number of halogens is 1. The van der Waals surface area contributed by atoms with Crippen molar-refractivity contribution in [2.75, 3.05) is 12.4 Å². The molecule has 0 radical (unpaired) electrons. The van der Waals surface area contributed by atoms with Crippen LogP contribution in [0.15, 0.2) is 36.4 Å². The van der Waals surface area contributed by atoms with E-state index in [1.807, 2.05) is 36.6 Å². The summed E-state index contributed by atoms with van der Waals surface area (Å²) in [4.78, 5) is 17.3. The SMILES string of the molecule is CCCCCS(=O)(=O)NC(=O)c1ccc2nc(C)n(Cc3ccc(OCC4CCCCC4)cc3Cl)c2c1. The second-order valence-electron chi connectivity index (χ2n) is 9.97. The fraction of sp³-hybridized carbons (Fsp3) is 0.500. The van der Waals surface area contributed by atoms with Gasteiger partial charge in [-0.25, -0.2) is 18.1 Å². The number of sulfonamides is 1. The third-order valence-corrected chi connectivity index (χ3v) is 8.70. The van der Waals surface area contributed by atoms with Gasteiger partial charge in [-0.2, -0.15) is 0 Å². The van der Waals surface area contributed by atoms with Crippen LogP contribution in [0, 0.1) is 12.8 Å². The third kappa shape index (κ3) is 7.26. The van der Waals surface area contributed by atoms with Crippen LogP contribution in [0.3, 0.4) is 0 Å². The molecule has 200 valence electrons. The van der Waals surface area contributed by atoms with Crippen molar-refractivity contribution < 1.29 is 17.9 Å². The summed E-state index contributed by atoms with van der Waals surface area (Å²) in [6.07, 6.45) is 8.57. The average Bonchev–Trinajstić information content (AvgIpc) is 3.18. The Morgan fingerprint density at radius 2 is 1.92 bits per heavy atom. The zero-order valence-electron chi connectivity index (χ0n) is 21.6. The van der Waals surface area contributed by atoms with E-state index >= 15 is 0 Å². The van der Waals surface area contributed by atoms with Crippen LogP contribution >= 0.6 is 11.6 Å². The van der Waals surface area contributed by atoms with Gasteiger partial charge in [-0.15, -0.1) is 0 Å². The van der Waals surface area contributed by atoms with Crippen molar-refractivity contribution in [3.8, 4) is 5.75 Å². The number of fused-ring (bicyclic) bond motifs is 1. The first-order chi connectivity index (χ1) is 17.8. The summed E-state index contributed by atoms with van der Waals surface area (Å²) < 4.78 is 34.8. The van der Waals surface area contributed by atoms with E-state index < -0.39 is 15.9 Å². The molecule has 37 heavy (non-hydrogen) atoms. The van der Waals surface area contributed by atoms with Gasteiger partial charge in [-0.3, -0.25) is 4.79 Å². The van der Waals surface area contributed by atoms with Gasteiger partial charge < -0.3 is 9.30 Å². The maximum atomic E-state index is 12.7. The molecule has 0 spiro atoms. The lowest BCUT2D eigenvalue weighted by atomic mass is 9.90. The van der Waals surface area contributed by atoms with Crippen LogP contribution in [-0.2, 0) is 16.6 Å². The Labute approximate surface area is 224 Å². The van der Waals surface area contributed by atoms with Gasteiger partial charge in [0.15, 0.2) is 0 Å². The van der Waals surface area contributed by atoms with E-state index in [4.69, 9.17) is 16.3 Å². The molecule has 0 saturated heterocycles. The zero-order chi connectivity index (χ0) is 26.4. The molecule has 1 fully saturated rings. The summed E-state index contributed by atoms with van der Waals surface area (Å²) in [7, 11) is -3.68. The number of benzene rings is 2. The maximum Gasteiger partial charge on any atom is 0.264 e. The number of nitrogens with one attached hydrogen (secondary N) is 1. The van der Waals surface area contributed by atoms with Gasteiger partial charge in [0.1, 0.15) is 11.6 Å². The van der Waals surface area contributed by atoms with Crippen molar-refractivity contribution in [3.63, 3.8) is 0 Å². The molecule has 2 aromatic carbocycles. The molecule has 1 heterocycles. The summed E-state index contributed by atoms with van der Waals surface area (Å²) in [6.45, 7) is 5.08. The minimum absolute atomic E-state index is 0.0648. The van der Waals surface area contributed by atoms with Crippen molar-refractivity contribution in [1.82, 2.24) is 14.3 Å². The van der Waals surface area contributed by atoms with Gasteiger partial charge in [0.25, 0.3) is 5.91 Å². The van der Waals surface area contributed by atoms with Crippen LogP contribution in [0.1, 0.15) is 80.0 Å². The van der Waals surface area contributed by atoms with Crippen LogP contribution < -0.4 is 9.46 Å². The molecule has 0 bridgehead atoms. The number of ether oxygens (including phenoxy) is 1. The molecule has 7 nitrogen and oxygen atoms in total. The summed E-state index contributed by atoms with van der Waals surface area (Å²) in [6, 6.07) is 10.8. The van der Waals surface area contributed by atoms with Gasteiger partial charge >= 0.3 is 0 Å². The normalized spacial score (nSPS) is 14.7. The monoisotopic (exact) mass is 545 g/mol. The molecule has 1 amide bonds. The summed E-state index contributed by atoms with van der Waals surface area (Å²) in [5, 5.41) is 0.606. The molecular formula is C28H36ClN3O4S. The topological polar surface area (TPSA) is 90.3 Å². The Balaban J connectivity index is 1.48. The van der Waals surface area contributed by atoms with Crippen LogP contribution in [0.5, 0.6) is 5.75 Å². The van der Waals surface area contributed by atoms with E-state index in [2.05, 4.69) is 9.71 Å². The molecule has 1 aliphatic rings. The minimum Gasteiger partial charge on any atom is -0.493 e. The number of hydrogen-bond acceptors (Lipinski definition) is 5. The fourth-order valence-corrected chi connectivity index (χ4v) is 6.18. The van der Waals surface area contributed by atoms with Crippen LogP contribution in [-0.4, -0.2) is 36.2 Å². The average molecular weight is 546 g/mol. The van der Waals surface area contributed by atoms with Crippen molar-refractivity contribution in [2.45, 2.75) is 71.8 Å². The van der Waals surface area contributed by atoms with E-state index in [1.165, 1.54) is 32.1 Å². The molecule has 1 aromatic heterocycles. The van der Waals surface area contributed by atoms with Crippen LogP contribution in [0.2, 0.25) is 5.02 Å². The van der Waals surface area contributed by atoms with Crippen molar-refractivity contribution >= 4 is 38.6 Å². The number of unbranched alkanes of at least 4 members (excludes halogenated alkanes) is 2. The molecule has 4 rings (SSSR count). The first-order valence-corrected chi connectivity index (χ1v) is 15.2. The lowest BCUT2D eigenvalue weighted by molar-refractivity contribution is 0.0981. The van der Waals surface area contributed by atoms with Gasteiger partial charge in [0, 0.05) is 10.6 Å². The molecule has 9 heteroatoms. The highest BCUT2D eigenvalue weighted by Gasteiger charge is 2.18. The number of carbonyl (C=O) groups is 1. The van der Waals surface area contributed by atoms with Crippen molar-refractivity contribution in [3.05, 3.63) is 58.4 Å². The van der Waals surface area contributed by atoms with Gasteiger partial charge in [-0.05, 0) is 68.0 Å². The number of aromatic nitrogens is 2. The Bertz CT molecular complexity index is 1350. The molecule has 3 aromatic rings. The first kappa shape index (κ1) is 27.5. The lowest BCUT2D eigenvalue weighted by Crippen LogP contribution is -2.32. The number of carbonyl (C=O) groups excluding carboxylic acids is 1. The largest absolute Gasteiger partial charge is 0.493 e. The predicted octanol–water partition coefficient (Wildman–Crippen LogP) is 6.26. The summed E-state index contributed by atoms with van der Waals surface area (Å²) in [5.74, 6) is 1.45. The quantitative estimate of drug-likeness (QED) is 0.287. The molecular weight excluding hydrogens is 510 g/mol. The molecule has 1 aliphatic carbocycles. The molecule has 0 unspecified atom stereocenters. The van der Waals surface area contributed by atoms with E-state index in [0.29, 0.717) is 23.9 Å². The Morgan fingerprint density at radius 1 is 1.14 bits per heavy atom. The Kier molecular flexibility index (Phi) is 9.13. The van der Waals surface area contributed by atoms with E-state index in [-0.39, 0.29) is 11.3 Å². The van der Waals surface area contributed by atoms with E-state index in [1.54, 1.807) is 18.2 Å². The minimum atomic E-state index is -3.68. The van der Waals surface area contributed by atoms with Gasteiger partial charge in [0.2, 0.25) is 10.0 Å².